The van der Waals surface area contributed by atoms with Gasteiger partial charge in [-0.2, -0.15) is 0 Å². The van der Waals surface area contributed by atoms with E-state index in [-0.39, 0.29) is 0 Å². The molecule has 0 amide bonds. The van der Waals surface area contributed by atoms with Crippen LogP contribution in [0.3, 0.4) is 0 Å². The molecule has 2 nitrogen and oxygen atoms in total. The molecular weight excluding hydrogens is 1020 g/mol. The van der Waals surface area contributed by atoms with Gasteiger partial charge < -0.3 is 9.80 Å². The highest BCUT2D eigenvalue weighted by molar-refractivity contribution is 6.18. The van der Waals surface area contributed by atoms with E-state index in [9.17, 15) is 0 Å². The minimum atomic E-state index is -0.504. The van der Waals surface area contributed by atoms with Crippen molar-refractivity contribution in [2.75, 3.05) is 9.80 Å². The number of hydrogen-bond donors (Lipinski definition) is 0. The molecule has 85 heavy (non-hydrogen) atoms. The summed E-state index contributed by atoms with van der Waals surface area (Å²) in [6, 6.07) is 105. The monoisotopic (exact) mass is 1090 g/mol. The quantitative estimate of drug-likeness (QED) is 0.119. The maximum Gasteiger partial charge on any atom is 0.0713 e. The standard InChI is InChI=1S/C83H64N2/c1-7-59-35-47-79(85(68-52-56(4)49-57(5)53-68)66-43-39-64(40-44-66)83(62-24-12-9-13-25-62)76-32-20-16-28-71(76)72-29-17-21-33-77(72)83)73-45-34-60-36-46-78(58(6)80(60)81(59)73)84(67-50-54(2)48-55(3)51-67)65-41-37-63(38-42-65)82(61-22-10-8-11-23-61)74-30-18-14-26-69(74)70-27-15-19-31-75(70)82/h7-53H,1H2,2-6H3. The van der Waals surface area contributed by atoms with E-state index in [0.29, 0.717) is 0 Å². The van der Waals surface area contributed by atoms with Crippen molar-refractivity contribution in [1.82, 2.24) is 0 Å². The van der Waals surface area contributed by atoms with Crippen molar-refractivity contribution in [3.8, 4) is 22.3 Å². The highest BCUT2D eigenvalue weighted by Gasteiger charge is 2.47. The van der Waals surface area contributed by atoms with E-state index in [1.807, 2.05) is 6.08 Å². The first-order valence-electron chi connectivity index (χ1n) is 29.8. The topological polar surface area (TPSA) is 6.48 Å². The molecule has 15 rings (SSSR count). The van der Waals surface area contributed by atoms with Gasteiger partial charge in [0.1, 0.15) is 0 Å². The Morgan fingerprint density at radius 1 is 0.306 bits per heavy atom. The lowest BCUT2D eigenvalue weighted by Gasteiger charge is -2.35. The fourth-order valence-corrected chi connectivity index (χ4v) is 15.2. The summed E-state index contributed by atoms with van der Waals surface area (Å²) in [4.78, 5) is 4.95. The molecule has 0 aliphatic heterocycles. The maximum atomic E-state index is 4.49. The Bertz CT molecular complexity index is 4650. The molecule has 0 unspecified atom stereocenters. The molecule has 2 aliphatic carbocycles. The van der Waals surface area contributed by atoms with Gasteiger partial charge in [-0.25, -0.2) is 0 Å². The summed E-state index contributed by atoms with van der Waals surface area (Å²) in [5.41, 5.74) is 28.1. The second kappa shape index (κ2) is 20.3. The first-order chi connectivity index (χ1) is 41.7. The van der Waals surface area contributed by atoms with Gasteiger partial charge in [0.25, 0.3) is 0 Å². The van der Waals surface area contributed by atoms with Crippen LogP contribution in [0.1, 0.15) is 77.9 Å². The number of hydrogen-bond acceptors (Lipinski definition) is 2. The van der Waals surface area contributed by atoms with Crippen molar-refractivity contribution in [3.05, 3.63) is 364 Å². The maximum absolute atomic E-state index is 4.49. The SMILES string of the molecule is C=Cc1ccc(N(c2ccc(C3(c4ccccc4)c4ccccc4-c4ccccc43)cc2)c2cc(C)cc(C)c2)c2ccc3ccc(N(c4ccc(C5(c6ccccc6)c6ccccc6-c6ccccc65)cc4)c4cc(C)cc(C)c4)c(C)c3c12. The third-order valence-corrected chi connectivity index (χ3v) is 18.5. The van der Waals surface area contributed by atoms with Gasteiger partial charge in [0, 0.05) is 33.8 Å². The van der Waals surface area contributed by atoms with Crippen LogP contribution in [0.2, 0.25) is 0 Å². The lowest BCUT2D eigenvalue weighted by atomic mass is 9.68. The number of benzene rings is 13. The Hall–Kier alpha value is -10.3. The zero-order valence-electron chi connectivity index (χ0n) is 48.7. The molecule has 0 aromatic heterocycles. The minimum Gasteiger partial charge on any atom is -0.310 e. The molecule has 0 spiro atoms. The summed E-state index contributed by atoms with van der Waals surface area (Å²) in [6.07, 6.45) is 2.04. The second-order valence-electron chi connectivity index (χ2n) is 23.5. The van der Waals surface area contributed by atoms with Crippen molar-refractivity contribution >= 4 is 61.7 Å². The van der Waals surface area contributed by atoms with Gasteiger partial charge in [-0.3, -0.25) is 0 Å². The van der Waals surface area contributed by atoms with Crippen molar-refractivity contribution in [2.45, 2.75) is 45.4 Å². The molecule has 2 heteroatoms. The highest BCUT2D eigenvalue weighted by atomic mass is 15.2. The van der Waals surface area contributed by atoms with Gasteiger partial charge in [-0.15, -0.1) is 0 Å². The predicted molar refractivity (Wildman–Crippen MR) is 359 cm³/mol. The molecular formula is C83H64N2. The average molecular weight is 1090 g/mol. The summed E-state index contributed by atoms with van der Waals surface area (Å²) < 4.78 is 0. The molecule has 0 saturated carbocycles. The van der Waals surface area contributed by atoms with E-state index < -0.39 is 10.8 Å². The normalized spacial score (nSPS) is 13.2. The van der Waals surface area contributed by atoms with Crippen LogP contribution in [0.25, 0.3) is 49.9 Å². The summed E-state index contributed by atoms with van der Waals surface area (Å²) >= 11 is 0. The Labute approximate surface area is 499 Å². The zero-order chi connectivity index (χ0) is 57.6. The van der Waals surface area contributed by atoms with Crippen LogP contribution in [-0.4, -0.2) is 0 Å². The highest BCUT2D eigenvalue weighted by Crippen LogP contribution is 2.58. The molecule has 13 aromatic carbocycles. The van der Waals surface area contributed by atoms with E-state index in [1.165, 1.54) is 111 Å². The Kier molecular flexibility index (Phi) is 12.3. The molecule has 0 N–H and O–H groups in total. The third kappa shape index (κ3) is 7.93. The molecule has 13 aromatic rings. The largest absolute Gasteiger partial charge is 0.310 e. The number of fused-ring (bicyclic) bond motifs is 9. The van der Waals surface area contributed by atoms with Gasteiger partial charge in [0.2, 0.25) is 0 Å². The van der Waals surface area contributed by atoms with Crippen LogP contribution in [-0.2, 0) is 10.8 Å². The average Bonchev–Trinajstić information content (AvgIpc) is 1.75. The fraction of sp³-hybridized carbons (Fsp3) is 0.0843. The molecule has 0 fully saturated rings. The lowest BCUT2D eigenvalue weighted by molar-refractivity contribution is 0.768. The lowest BCUT2D eigenvalue weighted by Crippen LogP contribution is -2.28. The molecule has 2 aliphatic rings. The van der Waals surface area contributed by atoms with Crippen LogP contribution in [0.4, 0.5) is 34.1 Å². The molecule has 0 radical (unpaired) electrons. The van der Waals surface area contributed by atoms with E-state index in [4.69, 9.17) is 0 Å². The summed E-state index contributed by atoms with van der Waals surface area (Å²) in [5, 5.41) is 4.72. The van der Waals surface area contributed by atoms with Crippen LogP contribution < -0.4 is 9.80 Å². The zero-order valence-corrected chi connectivity index (χ0v) is 48.7. The Balaban J connectivity index is 0.914. The van der Waals surface area contributed by atoms with Gasteiger partial charge in [0.15, 0.2) is 0 Å². The van der Waals surface area contributed by atoms with Gasteiger partial charge in [-0.05, 0) is 212 Å². The van der Waals surface area contributed by atoms with Crippen LogP contribution >= 0.6 is 0 Å². The second-order valence-corrected chi connectivity index (χ2v) is 23.5. The van der Waals surface area contributed by atoms with Gasteiger partial charge in [0.05, 0.1) is 16.5 Å². The van der Waals surface area contributed by atoms with Gasteiger partial charge >= 0.3 is 0 Å². The van der Waals surface area contributed by atoms with E-state index in [1.54, 1.807) is 0 Å². The Morgan fingerprint density at radius 3 is 1.07 bits per heavy atom. The summed E-state index contributed by atoms with van der Waals surface area (Å²) in [7, 11) is 0. The number of anilines is 6. The van der Waals surface area contributed by atoms with Crippen LogP contribution in [0.15, 0.2) is 286 Å². The number of rotatable bonds is 11. The predicted octanol–water partition coefficient (Wildman–Crippen LogP) is 21.8. The van der Waals surface area contributed by atoms with E-state index in [0.717, 1.165) is 45.1 Å². The molecule has 406 valence electrons. The third-order valence-electron chi connectivity index (χ3n) is 18.5. The Morgan fingerprint density at radius 2 is 0.659 bits per heavy atom. The van der Waals surface area contributed by atoms with Crippen molar-refractivity contribution in [3.63, 3.8) is 0 Å². The number of aryl methyl sites for hydroxylation is 5. The summed E-state index contributed by atoms with van der Waals surface area (Å²) in [6.45, 7) is 15.6. The number of nitrogens with zero attached hydrogens (tertiary/aromatic N) is 2. The summed E-state index contributed by atoms with van der Waals surface area (Å²) in [5.74, 6) is 0. The van der Waals surface area contributed by atoms with E-state index in [2.05, 4.69) is 330 Å². The molecule has 0 saturated heterocycles. The van der Waals surface area contributed by atoms with Crippen LogP contribution in [0.5, 0.6) is 0 Å². The molecule has 0 atom stereocenters. The smallest absolute Gasteiger partial charge is 0.0713 e. The fourth-order valence-electron chi connectivity index (χ4n) is 15.2. The van der Waals surface area contributed by atoms with E-state index >= 15 is 0 Å². The van der Waals surface area contributed by atoms with Crippen LogP contribution in [0, 0.1) is 34.6 Å². The molecule has 0 bridgehead atoms. The first-order valence-corrected chi connectivity index (χ1v) is 29.8. The minimum absolute atomic E-state index is 0.500. The van der Waals surface area contributed by atoms with Crippen molar-refractivity contribution in [2.24, 2.45) is 0 Å². The first kappa shape index (κ1) is 51.6. The molecule has 0 heterocycles. The van der Waals surface area contributed by atoms with Crippen molar-refractivity contribution in [1.29, 1.82) is 0 Å². The van der Waals surface area contributed by atoms with Crippen molar-refractivity contribution < 1.29 is 0 Å². The van der Waals surface area contributed by atoms with Gasteiger partial charge in [-0.1, -0.05) is 231 Å².